The smallest absolute Gasteiger partial charge is 0.245 e. The van der Waals surface area contributed by atoms with Gasteiger partial charge < -0.3 is 5.32 Å². The maximum Gasteiger partial charge on any atom is 0.245 e. The van der Waals surface area contributed by atoms with Crippen LogP contribution in [0.3, 0.4) is 0 Å². The Morgan fingerprint density at radius 3 is 2.75 bits per heavy atom. The Bertz CT molecular complexity index is 496. The van der Waals surface area contributed by atoms with Crippen LogP contribution in [-0.4, -0.2) is 48.7 Å². The van der Waals surface area contributed by atoms with Gasteiger partial charge in [0, 0.05) is 32.4 Å². The van der Waals surface area contributed by atoms with Crippen molar-refractivity contribution in [1.82, 2.24) is 19.4 Å². The summed E-state index contributed by atoms with van der Waals surface area (Å²) in [5, 5.41) is 7.44. The van der Waals surface area contributed by atoms with Crippen LogP contribution >= 0.6 is 0 Å². The molecule has 1 aromatic heterocycles. The topological polar surface area (TPSA) is 67.2 Å². The second-order valence-electron chi connectivity index (χ2n) is 5.23. The van der Waals surface area contributed by atoms with E-state index in [1.54, 1.807) is 17.9 Å². The molecule has 0 aliphatic carbocycles. The van der Waals surface area contributed by atoms with E-state index < -0.39 is 10.0 Å². The number of hydrogen-bond acceptors (Lipinski definition) is 4. The van der Waals surface area contributed by atoms with Crippen LogP contribution in [0.5, 0.6) is 0 Å². The van der Waals surface area contributed by atoms with Crippen molar-refractivity contribution in [3.05, 3.63) is 12.4 Å². The van der Waals surface area contributed by atoms with Gasteiger partial charge in [-0.15, -0.1) is 0 Å². The van der Waals surface area contributed by atoms with Gasteiger partial charge in [-0.3, -0.25) is 4.68 Å². The van der Waals surface area contributed by atoms with E-state index in [2.05, 4.69) is 24.3 Å². The molecular formula is C13H26N4O2S. The van der Waals surface area contributed by atoms with Gasteiger partial charge in [0.1, 0.15) is 4.90 Å². The first-order valence-electron chi connectivity index (χ1n) is 7.10. The van der Waals surface area contributed by atoms with Gasteiger partial charge in [0.25, 0.3) is 0 Å². The summed E-state index contributed by atoms with van der Waals surface area (Å²) in [5.74, 6) is 0. The second kappa shape index (κ2) is 7.75. The molecule has 1 aromatic rings. The Morgan fingerprint density at radius 1 is 1.45 bits per heavy atom. The van der Waals surface area contributed by atoms with Crippen molar-refractivity contribution < 1.29 is 8.42 Å². The SMILES string of the molecule is CCCN(C)S(=O)(=O)c1cnn(CCCNC(C)C)c1. The van der Waals surface area contributed by atoms with E-state index in [1.807, 2.05) is 6.92 Å². The lowest BCUT2D eigenvalue weighted by Gasteiger charge is -2.14. The predicted octanol–water partition coefficient (Wildman–Crippen LogP) is 1.30. The zero-order chi connectivity index (χ0) is 15.2. The number of nitrogens with one attached hydrogen (secondary N) is 1. The zero-order valence-corrected chi connectivity index (χ0v) is 13.7. The summed E-state index contributed by atoms with van der Waals surface area (Å²) < 4.78 is 27.5. The molecule has 0 atom stereocenters. The van der Waals surface area contributed by atoms with E-state index in [0.29, 0.717) is 19.1 Å². The maximum absolute atomic E-state index is 12.2. The third-order valence-corrected chi connectivity index (χ3v) is 4.78. The van der Waals surface area contributed by atoms with Gasteiger partial charge in [-0.1, -0.05) is 20.8 Å². The number of nitrogens with zero attached hydrogens (tertiary/aromatic N) is 3. The van der Waals surface area contributed by atoms with Gasteiger partial charge in [0.2, 0.25) is 10.0 Å². The van der Waals surface area contributed by atoms with Crippen molar-refractivity contribution in [3.8, 4) is 0 Å². The van der Waals surface area contributed by atoms with E-state index in [0.717, 1.165) is 19.4 Å². The van der Waals surface area contributed by atoms with Gasteiger partial charge in [-0.25, -0.2) is 12.7 Å². The van der Waals surface area contributed by atoms with Gasteiger partial charge in [-0.05, 0) is 19.4 Å². The van der Waals surface area contributed by atoms with Crippen molar-refractivity contribution in [2.24, 2.45) is 0 Å². The summed E-state index contributed by atoms with van der Waals surface area (Å²) in [7, 11) is -1.79. The molecule has 0 spiro atoms. The van der Waals surface area contributed by atoms with Crippen molar-refractivity contribution >= 4 is 10.0 Å². The fourth-order valence-electron chi connectivity index (χ4n) is 1.85. The monoisotopic (exact) mass is 302 g/mol. The molecule has 1 N–H and O–H groups in total. The molecule has 0 unspecified atom stereocenters. The molecule has 6 nitrogen and oxygen atoms in total. The van der Waals surface area contributed by atoms with Crippen LogP contribution in [-0.2, 0) is 16.6 Å². The maximum atomic E-state index is 12.2. The minimum atomic E-state index is -3.39. The van der Waals surface area contributed by atoms with Gasteiger partial charge in [-0.2, -0.15) is 5.10 Å². The molecule has 1 rings (SSSR count). The molecule has 0 aliphatic rings. The third-order valence-electron chi connectivity index (χ3n) is 2.97. The van der Waals surface area contributed by atoms with Crippen LogP contribution in [0.4, 0.5) is 0 Å². The average molecular weight is 302 g/mol. The highest BCUT2D eigenvalue weighted by Gasteiger charge is 2.21. The van der Waals surface area contributed by atoms with Crippen molar-refractivity contribution in [2.45, 2.75) is 51.1 Å². The summed E-state index contributed by atoms with van der Waals surface area (Å²) in [6.45, 7) is 8.29. The minimum absolute atomic E-state index is 0.269. The van der Waals surface area contributed by atoms with Crippen LogP contribution in [0.25, 0.3) is 0 Å². The van der Waals surface area contributed by atoms with Crippen LogP contribution in [0, 0.1) is 0 Å². The average Bonchev–Trinajstić information content (AvgIpc) is 2.84. The number of aryl methyl sites for hydroxylation is 1. The molecule has 0 radical (unpaired) electrons. The van der Waals surface area contributed by atoms with E-state index in [4.69, 9.17) is 0 Å². The van der Waals surface area contributed by atoms with Gasteiger partial charge in [0.15, 0.2) is 0 Å². The summed E-state index contributed by atoms with van der Waals surface area (Å²) in [4.78, 5) is 0.269. The predicted molar refractivity (Wildman–Crippen MR) is 80.1 cm³/mol. The Morgan fingerprint density at radius 2 is 2.15 bits per heavy atom. The Hall–Kier alpha value is -0.920. The van der Waals surface area contributed by atoms with E-state index in [1.165, 1.54) is 10.5 Å². The van der Waals surface area contributed by atoms with E-state index in [-0.39, 0.29) is 4.90 Å². The van der Waals surface area contributed by atoms with Crippen LogP contribution in [0.1, 0.15) is 33.6 Å². The first kappa shape index (κ1) is 17.1. The van der Waals surface area contributed by atoms with Crippen molar-refractivity contribution in [2.75, 3.05) is 20.1 Å². The van der Waals surface area contributed by atoms with Crippen LogP contribution in [0.2, 0.25) is 0 Å². The van der Waals surface area contributed by atoms with Gasteiger partial charge in [0.05, 0.1) is 6.20 Å². The fraction of sp³-hybridized carbons (Fsp3) is 0.769. The lowest BCUT2D eigenvalue weighted by molar-refractivity contribution is 0.468. The quantitative estimate of drug-likeness (QED) is 0.698. The normalized spacial score (nSPS) is 12.5. The Balaban J connectivity index is 2.58. The van der Waals surface area contributed by atoms with Crippen LogP contribution in [0.15, 0.2) is 17.3 Å². The number of hydrogen-bond donors (Lipinski definition) is 1. The molecule has 20 heavy (non-hydrogen) atoms. The summed E-state index contributed by atoms with van der Waals surface area (Å²) in [6, 6.07) is 0.464. The molecule has 0 saturated carbocycles. The third kappa shape index (κ3) is 4.88. The molecule has 116 valence electrons. The van der Waals surface area contributed by atoms with E-state index >= 15 is 0 Å². The van der Waals surface area contributed by atoms with E-state index in [9.17, 15) is 8.42 Å². The number of aromatic nitrogens is 2. The van der Waals surface area contributed by atoms with Gasteiger partial charge >= 0.3 is 0 Å². The molecule has 0 saturated heterocycles. The molecule has 7 heteroatoms. The molecule has 0 bridgehead atoms. The van der Waals surface area contributed by atoms with Crippen molar-refractivity contribution in [1.29, 1.82) is 0 Å². The molecule has 0 aromatic carbocycles. The fourth-order valence-corrected chi connectivity index (χ4v) is 3.06. The summed E-state index contributed by atoms with van der Waals surface area (Å²) in [5.41, 5.74) is 0. The molecule has 0 aliphatic heterocycles. The number of sulfonamides is 1. The first-order chi connectivity index (χ1) is 9.37. The second-order valence-corrected chi connectivity index (χ2v) is 7.27. The molecule has 0 fully saturated rings. The Kier molecular flexibility index (Phi) is 6.64. The highest BCUT2D eigenvalue weighted by molar-refractivity contribution is 7.89. The van der Waals surface area contributed by atoms with Crippen LogP contribution < -0.4 is 5.32 Å². The summed E-state index contributed by atoms with van der Waals surface area (Å²) in [6.07, 6.45) is 4.75. The largest absolute Gasteiger partial charge is 0.314 e. The van der Waals surface area contributed by atoms with Crippen molar-refractivity contribution in [3.63, 3.8) is 0 Å². The minimum Gasteiger partial charge on any atom is -0.314 e. The summed E-state index contributed by atoms with van der Waals surface area (Å²) >= 11 is 0. The molecular weight excluding hydrogens is 276 g/mol. The standard InChI is InChI=1S/C13H26N4O2S/c1-5-8-16(4)20(18,19)13-10-15-17(11-13)9-6-7-14-12(2)3/h10-12,14H,5-9H2,1-4H3. The lowest BCUT2D eigenvalue weighted by atomic mass is 10.3. The highest BCUT2D eigenvalue weighted by atomic mass is 32.2. The highest BCUT2D eigenvalue weighted by Crippen LogP contribution is 2.13. The lowest BCUT2D eigenvalue weighted by Crippen LogP contribution is -2.27. The molecule has 1 heterocycles. The zero-order valence-electron chi connectivity index (χ0n) is 12.8. The Labute approximate surface area is 122 Å². The number of rotatable bonds is 9. The molecule has 0 amide bonds. The first-order valence-corrected chi connectivity index (χ1v) is 8.54.